The number of amides is 2. The van der Waals surface area contributed by atoms with Crippen LogP contribution in [-0.2, 0) is 4.74 Å². The van der Waals surface area contributed by atoms with Crippen molar-refractivity contribution in [3.8, 4) is 0 Å². The number of rotatable bonds is 5. The number of likely N-dealkylation sites (tertiary alicyclic amines) is 1. The van der Waals surface area contributed by atoms with Gasteiger partial charge in [-0.05, 0) is 62.9 Å². The summed E-state index contributed by atoms with van der Waals surface area (Å²) < 4.78 is 5.58. The topological polar surface area (TPSA) is 83.0 Å². The average molecular weight is 502 g/mol. The van der Waals surface area contributed by atoms with Crippen LogP contribution in [0.1, 0.15) is 55.1 Å². The molecule has 1 fully saturated rings. The number of ether oxygens (including phenoxy) is 1. The molecular formula is C30H35N3O4. The second-order valence-electron chi connectivity index (χ2n) is 10.4. The van der Waals surface area contributed by atoms with E-state index >= 15 is 0 Å². The molecule has 1 saturated heterocycles. The third-order valence-corrected chi connectivity index (χ3v) is 6.48. The highest BCUT2D eigenvalue weighted by Gasteiger charge is 2.27. The third-order valence-electron chi connectivity index (χ3n) is 6.48. The predicted octanol–water partition coefficient (Wildman–Crippen LogP) is 5.13. The molecule has 1 N–H and O–H groups in total. The van der Waals surface area contributed by atoms with Crippen LogP contribution < -0.4 is 0 Å². The van der Waals surface area contributed by atoms with Gasteiger partial charge in [0.05, 0.1) is 12.1 Å². The first-order valence-corrected chi connectivity index (χ1v) is 12.7. The Morgan fingerprint density at radius 3 is 2.30 bits per heavy atom. The van der Waals surface area contributed by atoms with Crippen LogP contribution in [0.2, 0.25) is 0 Å². The van der Waals surface area contributed by atoms with Crippen molar-refractivity contribution in [2.45, 2.75) is 39.2 Å². The van der Waals surface area contributed by atoms with Crippen LogP contribution in [0.25, 0.3) is 16.5 Å². The van der Waals surface area contributed by atoms with Gasteiger partial charge in [0.15, 0.2) is 0 Å². The molecule has 1 aliphatic rings. The van der Waals surface area contributed by atoms with Gasteiger partial charge in [-0.3, -0.25) is 9.78 Å². The predicted molar refractivity (Wildman–Crippen MR) is 145 cm³/mol. The lowest BCUT2D eigenvalue weighted by Crippen LogP contribution is -2.40. The molecule has 0 atom stereocenters. The van der Waals surface area contributed by atoms with E-state index in [4.69, 9.17) is 9.72 Å². The highest BCUT2D eigenvalue weighted by molar-refractivity contribution is 5.98. The van der Waals surface area contributed by atoms with Gasteiger partial charge in [-0.25, -0.2) is 4.79 Å². The molecule has 0 unspecified atom stereocenters. The van der Waals surface area contributed by atoms with Crippen molar-refractivity contribution in [2.75, 3.05) is 33.3 Å². The molecule has 1 aromatic heterocycles. The van der Waals surface area contributed by atoms with Crippen molar-refractivity contribution in [1.82, 2.24) is 14.8 Å². The molecule has 0 bridgehead atoms. The minimum absolute atomic E-state index is 0.0784. The fourth-order valence-electron chi connectivity index (χ4n) is 4.64. The summed E-state index contributed by atoms with van der Waals surface area (Å²) in [5.41, 5.74) is 5.34. The van der Waals surface area contributed by atoms with Gasteiger partial charge in [0.2, 0.25) is 0 Å². The second-order valence-corrected chi connectivity index (χ2v) is 10.4. The number of aliphatic hydroxyl groups is 1. The molecule has 0 radical (unpaired) electrons. The van der Waals surface area contributed by atoms with E-state index < -0.39 is 5.60 Å². The Morgan fingerprint density at radius 1 is 1.00 bits per heavy atom. The molecule has 2 heterocycles. The van der Waals surface area contributed by atoms with Crippen LogP contribution in [0.4, 0.5) is 4.79 Å². The molecule has 4 rings (SSSR count). The van der Waals surface area contributed by atoms with Crippen LogP contribution in [0.5, 0.6) is 0 Å². The van der Waals surface area contributed by atoms with Crippen LogP contribution in [0.15, 0.2) is 66.4 Å². The molecular weight excluding hydrogens is 466 g/mol. The molecule has 0 aliphatic carbocycles. The number of likely N-dealkylation sites (N-methyl/N-ethyl adjacent to an activating group) is 1. The monoisotopic (exact) mass is 501 g/mol. The van der Waals surface area contributed by atoms with Crippen LogP contribution in [0, 0.1) is 0 Å². The summed E-state index contributed by atoms with van der Waals surface area (Å²) in [6.07, 6.45) is 2.96. The summed E-state index contributed by atoms with van der Waals surface area (Å²) in [5, 5.41) is 10.2. The maximum atomic E-state index is 12.7. The second kappa shape index (κ2) is 11.1. The Kier molecular flexibility index (Phi) is 7.93. The summed E-state index contributed by atoms with van der Waals surface area (Å²) in [6, 6.07) is 17.8. The van der Waals surface area contributed by atoms with Gasteiger partial charge in [0, 0.05) is 49.4 Å². The number of hydrogen-bond donors (Lipinski definition) is 1. The molecule has 0 saturated carbocycles. The maximum absolute atomic E-state index is 12.7. The number of fused-ring (bicyclic) bond motifs is 1. The van der Waals surface area contributed by atoms with Crippen molar-refractivity contribution >= 4 is 28.5 Å². The lowest BCUT2D eigenvalue weighted by molar-refractivity contribution is 0.0236. The van der Waals surface area contributed by atoms with Crippen LogP contribution in [-0.4, -0.2) is 70.8 Å². The standard InChI is InChI=1S/C30H35N3O4/c1-30(2,3)37-29(36)33-17-14-22(15-18-33)26(25-9-5-7-23-8-6-16-31-27(23)25)21-10-12-24(13-11-21)28(35)32(4)19-20-34/h5-13,16,34H,14-15,17-20H2,1-4H3. The lowest BCUT2D eigenvalue weighted by atomic mass is 9.87. The van der Waals surface area contributed by atoms with E-state index in [1.807, 2.05) is 57.2 Å². The molecule has 7 heteroatoms. The average Bonchev–Trinajstić information content (AvgIpc) is 2.88. The third kappa shape index (κ3) is 6.17. The van der Waals surface area contributed by atoms with Crippen molar-refractivity contribution in [1.29, 1.82) is 0 Å². The minimum atomic E-state index is -0.530. The number of benzene rings is 2. The van der Waals surface area contributed by atoms with Crippen molar-refractivity contribution in [3.63, 3.8) is 0 Å². The van der Waals surface area contributed by atoms with Crippen molar-refractivity contribution in [2.24, 2.45) is 0 Å². The number of aromatic nitrogens is 1. The first-order valence-electron chi connectivity index (χ1n) is 12.7. The number of piperidine rings is 1. The summed E-state index contributed by atoms with van der Waals surface area (Å²) in [5.74, 6) is -0.132. The van der Waals surface area contributed by atoms with E-state index in [-0.39, 0.29) is 25.2 Å². The highest BCUT2D eigenvalue weighted by Crippen LogP contribution is 2.36. The number of carbonyl (C=O) groups is 2. The Morgan fingerprint density at radius 2 is 1.65 bits per heavy atom. The number of pyridine rings is 1. The quantitative estimate of drug-likeness (QED) is 0.524. The van der Waals surface area contributed by atoms with E-state index in [0.717, 1.165) is 40.4 Å². The largest absolute Gasteiger partial charge is 0.444 e. The molecule has 0 spiro atoms. The number of hydrogen-bond acceptors (Lipinski definition) is 5. The Balaban J connectivity index is 1.71. The number of carbonyl (C=O) groups excluding carboxylic acids is 2. The Bertz CT molecular complexity index is 1290. The summed E-state index contributed by atoms with van der Waals surface area (Å²) in [7, 11) is 1.68. The maximum Gasteiger partial charge on any atom is 0.410 e. The summed E-state index contributed by atoms with van der Waals surface area (Å²) in [4.78, 5) is 33.3. The van der Waals surface area contributed by atoms with Gasteiger partial charge >= 0.3 is 6.09 Å². The molecule has 1 aliphatic heterocycles. The van der Waals surface area contributed by atoms with E-state index in [9.17, 15) is 14.7 Å². The first kappa shape index (κ1) is 26.4. The number of para-hydroxylation sites is 1. The zero-order valence-electron chi connectivity index (χ0n) is 22.0. The van der Waals surface area contributed by atoms with Gasteiger partial charge < -0.3 is 19.6 Å². The Labute approximate surface area is 218 Å². The number of nitrogens with zero attached hydrogens (tertiary/aromatic N) is 3. The Hall–Kier alpha value is -3.71. The molecule has 194 valence electrons. The molecule has 7 nitrogen and oxygen atoms in total. The van der Waals surface area contributed by atoms with Crippen molar-refractivity contribution < 1.29 is 19.4 Å². The van der Waals surface area contributed by atoms with E-state index in [0.29, 0.717) is 18.7 Å². The minimum Gasteiger partial charge on any atom is -0.444 e. The van der Waals surface area contributed by atoms with Crippen LogP contribution in [0.3, 0.4) is 0 Å². The molecule has 3 aromatic rings. The van der Waals surface area contributed by atoms with Crippen molar-refractivity contribution in [3.05, 3.63) is 83.1 Å². The fraction of sp³-hybridized carbons (Fsp3) is 0.367. The van der Waals surface area contributed by atoms with E-state index in [1.54, 1.807) is 18.1 Å². The SMILES string of the molecule is CN(CCO)C(=O)c1ccc(C(=C2CCN(C(=O)OC(C)(C)C)CC2)c2cccc3cccnc23)cc1. The van der Waals surface area contributed by atoms with Crippen LogP contribution >= 0.6 is 0 Å². The van der Waals surface area contributed by atoms with Gasteiger partial charge in [-0.1, -0.05) is 42.0 Å². The highest BCUT2D eigenvalue weighted by atomic mass is 16.6. The van der Waals surface area contributed by atoms with Gasteiger partial charge in [0.1, 0.15) is 5.60 Å². The van der Waals surface area contributed by atoms with E-state index in [2.05, 4.69) is 18.2 Å². The zero-order valence-corrected chi connectivity index (χ0v) is 22.0. The zero-order chi connectivity index (χ0) is 26.6. The lowest BCUT2D eigenvalue weighted by Gasteiger charge is -2.32. The molecule has 2 aromatic carbocycles. The van der Waals surface area contributed by atoms with Gasteiger partial charge in [-0.2, -0.15) is 0 Å². The smallest absolute Gasteiger partial charge is 0.410 e. The first-order chi connectivity index (χ1) is 17.7. The molecule has 2 amide bonds. The van der Waals surface area contributed by atoms with Gasteiger partial charge in [-0.15, -0.1) is 0 Å². The fourth-order valence-corrected chi connectivity index (χ4v) is 4.64. The molecule has 37 heavy (non-hydrogen) atoms. The normalized spacial score (nSPS) is 14.0. The number of aliphatic hydroxyl groups excluding tert-OH is 1. The van der Waals surface area contributed by atoms with E-state index in [1.165, 1.54) is 10.5 Å². The summed E-state index contributed by atoms with van der Waals surface area (Å²) in [6.45, 7) is 6.99. The van der Waals surface area contributed by atoms with Gasteiger partial charge in [0.25, 0.3) is 5.91 Å². The summed E-state index contributed by atoms with van der Waals surface area (Å²) >= 11 is 0.